The first kappa shape index (κ1) is 18.9. The predicted molar refractivity (Wildman–Crippen MR) is 114 cm³/mol. The van der Waals surface area contributed by atoms with Gasteiger partial charge in [-0.3, -0.25) is 14.4 Å². The fourth-order valence-electron chi connectivity index (χ4n) is 5.18. The number of benzene rings is 2. The van der Waals surface area contributed by atoms with Gasteiger partial charge >= 0.3 is 0 Å². The van der Waals surface area contributed by atoms with Crippen LogP contribution in [0.1, 0.15) is 43.2 Å². The van der Waals surface area contributed by atoms with Crippen molar-refractivity contribution in [2.24, 2.45) is 11.7 Å². The molecule has 2 aromatic carbocycles. The molecular weight excluding hydrogens is 378 g/mol. The first-order valence-electron chi connectivity index (χ1n) is 10.6. The highest BCUT2D eigenvalue weighted by molar-refractivity contribution is 6.02. The molecule has 2 aromatic rings. The number of amides is 3. The normalized spacial score (nSPS) is 21.4. The lowest BCUT2D eigenvalue weighted by Crippen LogP contribution is -2.57. The number of carbonyl (C=O) groups is 3. The summed E-state index contributed by atoms with van der Waals surface area (Å²) < 4.78 is 0. The summed E-state index contributed by atoms with van der Waals surface area (Å²) in [6.07, 6.45) is 3.89. The average Bonchev–Trinajstić information content (AvgIpc) is 3.44. The maximum Gasteiger partial charge on any atom is 0.243 e. The molecular formula is C24H25N3O3. The number of nitrogens with two attached hydrogens (primary N) is 1. The summed E-state index contributed by atoms with van der Waals surface area (Å²) in [7, 11) is 0. The van der Waals surface area contributed by atoms with E-state index in [1.807, 2.05) is 18.2 Å². The molecule has 0 bridgehead atoms. The standard InChI is InChI=1S/C24H25N3O3/c25-23(30)24(9-3-4-10-24)26-22(29)17-13-21(28)27(14-17)18-7-8-20-16(12-18)11-15-5-1-2-6-19(15)20/h1-2,5-8,12,17H,3-4,9-11,13-14H2,(H2,25,30)(H,26,29). The second kappa shape index (κ2) is 6.97. The zero-order valence-electron chi connectivity index (χ0n) is 16.8. The number of nitrogens with zero attached hydrogens (tertiary/aromatic N) is 1. The van der Waals surface area contributed by atoms with Crippen molar-refractivity contribution in [3.63, 3.8) is 0 Å². The molecule has 2 fully saturated rings. The second-order valence-electron chi connectivity index (χ2n) is 8.72. The van der Waals surface area contributed by atoms with E-state index >= 15 is 0 Å². The van der Waals surface area contributed by atoms with Crippen molar-refractivity contribution in [3.8, 4) is 11.1 Å². The van der Waals surface area contributed by atoms with Gasteiger partial charge in [0.05, 0.1) is 5.92 Å². The highest BCUT2D eigenvalue weighted by Crippen LogP contribution is 2.39. The first-order chi connectivity index (χ1) is 14.5. The molecule has 1 saturated heterocycles. The summed E-state index contributed by atoms with van der Waals surface area (Å²) in [6.45, 7) is 0.325. The fourth-order valence-corrected chi connectivity index (χ4v) is 5.18. The third-order valence-corrected chi connectivity index (χ3v) is 6.88. The molecule has 154 valence electrons. The van der Waals surface area contributed by atoms with Crippen LogP contribution in [-0.2, 0) is 20.8 Å². The second-order valence-corrected chi connectivity index (χ2v) is 8.72. The molecule has 6 nitrogen and oxygen atoms in total. The third kappa shape index (κ3) is 2.98. The molecule has 0 radical (unpaired) electrons. The van der Waals surface area contributed by atoms with Crippen molar-refractivity contribution in [1.29, 1.82) is 0 Å². The first-order valence-corrected chi connectivity index (χ1v) is 10.6. The summed E-state index contributed by atoms with van der Waals surface area (Å²) >= 11 is 0. The molecule has 3 N–H and O–H groups in total. The molecule has 0 aromatic heterocycles. The molecule has 0 spiro atoms. The zero-order valence-corrected chi connectivity index (χ0v) is 16.8. The van der Waals surface area contributed by atoms with Gasteiger partial charge in [0.2, 0.25) is 17.7 Å². The van der Waals surface area contributed by atoms with Gasteiger partial charge in [0.1, 0.15) is 5.54 Å². The van der Waals surface area contributed by atoms with Gasteiger partial charge in [0, 0.05) is 18.7 Å². The number of hydrogen-bond donors (Lipinski definition) is 2. The van der Waals surface area contributed by atoms with Crippen molar-refractivity contribution in [2.45, 2.75) is 44.1 Å². The molecule has 1 unspecified atom stereocenters. The highest BCUT2D eigenvalue weighted by atomic mass is 16.2. The van der Waals surface area contributed by atoms with Crippen LogP contribution >= 0.6 is 0 Å². The minimum absolute atomic E-state index is 0.0647. The summed E-state index contributed by atoms with van der Waals surface area (Å²) in [4.78, 5) is 39.2. The van der Waals surface area contributed by atoms with Crippen LogP contribution in [0.4, 0.5) is 5.69 Å². The molecule has 1 saturated carbocycles. The summed E-state index contributed by atoms with van der Waals surface area (Å²) in [6, 6.07) is 14.4. The maximum atomic E-state index is 12.9. The van der Waals surface area contributed by atoms with Crippen LogP contribution in [0.15, 0.2) is 42.5 Å². The van der Waals surface area contributed by atoms with E-state index in [-0.39, 0.29) is 18.2 Å². The Labute approximate surface area is 175 Å². The summed E-state index contributed by atoms with van der Waals surface area (Å²) in [5.74, 6) is -1.27. The van der Waals surface area contributed by atoms with Crippen molar-refractivity contribution < 1.29 is 14.4 Å². The fraction of sp³-hybridized carbons (Fsp3) is 0.375. The number of nitrogens with one attached hydrogen (secondary N) is 1. The Kier molecular flexibility index (Phi) is 4.38. The van der Waals surface area contributed by atoms with Crippen LogP contribution in [0.5, 0.6) is 0 Å². The van der Waals surface area contributed by atoms with E-state index in [9.17, 15) is 14.4 Å². The molecule has 1 aliphatic heterocycles. The topological polar surface area (TPSA) is 92.5 Å². The van der Waals surface area contributed by atoms with Gasteiger partial charge in [-0.05, 0) is 53.6 Å². The van der Waals surface area contributed by atoms with Crippen molar-refractivity contribution in [2.75, 3.05) is 11.4 Å². The lowest BCUT2D eigenvalue weighted by atomic mass is 9.95. The summed E-state index contributed by atoms with van der Waals surface area (Å²) in [5.41, 5.74) is 10.4. The predicted octanol–water partition coefficient (Wildman–Crippen LogP) is 2.53. The average molecular weight is 403 g/mol. The molecule has 5 rings (SSSR count). The Morgan fingerprint density at radius 2 is 1.77 bits per heavy atom. The summed E-state index contributed by atoms with van der Waals surface area (Å²) in [5, 5.41) is 2.89. The number of anilines is 1. The van der Waals surface area contributed by atoms with Gasteiger partial charge in [-0.2, -0.15) is 0 Å². The molecule has 1 atom stereocenters. The van der Waals surface area contributed by atoms with E-state index in [1.165, 1.54) is 22.3 Å². The monoisotopic (exact) mass is 403 g/mol. The van der Waals surface area contributed by atoms with E-state index in [2.05, 4.69) is 29.6 Å². The SMILES string of the molecule is NC(=O)C1(NC(=O)C2CC(=O)N(c3ccc4c(c3)Cc3ccccc3-4)C2)CCCC1. The van der Waals surface area contributed by atoms with Crippen LogP contribution in [0.3, 0.4) is 0 Å². The minimum Gasteiger partial charge on any atom is -0.368 e. The Hall–Kier alpha value is -3.15. The molecule has 1 heterocycles. The minimum atomic E-state index is -0.951. The van der Waals surface area contributed by atoms with Crippen LogP contribution in [-0.4, -0.2) is 29.8 Å². The van der Waals surface area contributed by atoms with Crippen LogP contribution < -0.4 is 16.0 Å². The van der Waals surface area contributed by atoms with Crippen LogP contribution in [0.25, 0.3) is 11.1 Å². The molecule has 2 aliphatic carbocycles. The van der Waals surface area contributed by atoms with Crippen molar-refractivity contribution >= 4 is 23.4 Å². The molecule has 30 heavy (non-hydrogen) atoms. The van der Waals surface area contributed by atoms with E-state index in [0.29, 0.717) is 19.4 Å². The third-order valence-electron chi connectivity index (χ3n) is 6.88. The number of hydrogen-bond acceptors (Lipinski definition) is 3. The van der Waals surface area contributed by atoms with Gasteiger partial charge in [-0.1, -0.05) is 43.2 Å². The molecule has 6 heteroatoms. The van der Waals surface area contributed by atoms with Crippen LogP contribution in [0.2, 0.25) is 0 Å². The smallest absolute Gasteiger partial charge is 0.243 e. The van der Waals surface area contributed by atoms with E-state index in [1.54, 1.807) is 4.90 Å². The van der Waals surface area contributed by atoms with E-state index in [0.717, 1.165) is 24.9 Å². The van der Waals surface area contributed by atoms with Crippen molar-refractivity contribution in [3.05, 3.63) is 53.6 Å². The van der Waals surface area contributed by atoms with Crippen LogP contribution in [0, 0.1) is 5.92 Å². The van der Waals surface area contributed by atoms with Gasteiger partial charge in [0.25, 0.3) is 0 Å². The number of rotatable bonds is 4. The lowest BCUT2D eigenvalue weighted by molar-refractivity contribution is -0.133. The lowest BCUT2D eigenvalue weighted by Gasteiger charge is -2.28. The highest BCUT2D eigenvalue weighted by Gasteiger charge is 2.44. The largest absolute Gasteiger partial charge is 0.368 e. The van der Waals surface area contributed by atoms with Crippen molar-refractivity contribution in [1.82, 2.24) is 5.32 Å². The number of primary amides is 1. The Morgan fingerprint density at radius 1 is 1.03 bits per heavy atom. The van der Waals surface area contributed by atoms with E-state index in [4.69, 9.17) is 5.73 Å². The number of carbonyl (C=O) groups excluding carboxylic acids is 3. The van der Waals surface area contributed by atoms with Gasteiger partial charge in [-0.25, -0.2) is 0 Å². The molecule has 3 amide bonds. The number of fused-ring (bicyclic) bond motifs is 3. The van der Waals surface area contributed by atoms with Gasteiger partial charge in [0.15, 0.2) is 0 Å². The van der Waals surface area contributed by atoms with Gasteiger partial charge < -0.3 is 16.0 Å². The Bertz CT molecular complexity index is 1060. The zero-order chi connectivity index (χ0) is 20.9. The Morgan fingerprint density at radius 3 is 2.53 bits per heavy atom. The maximum absolute atomic E-state index is 12.9. The van der Waals surface area contributed by atoms with E-state index < -0.39 is 17.4 Å². The quantitative estimate of drug-likeness (QED) is 0.701. The van der Waals surface area contributed by atoms with Gasteiger partial charge in [-0.15, -0.1) is 0 Å². The Balaban J connectivity index is 1.33. The molecule has 3 aliphatic rings.